The van der Waals surface area contributed by atoms with Crippen molar-refractivity contribution in [3.8, 4) is 51.2 Å². The molecule has 0 saturated carbocycles. The minimum atomic E-state index is 0.529. The second kappa shape index (κ2) is 12.8. The van der Waals surface area contributed by atoms with E-state index >= 15 is 0 Å². The van der Waals surface area contributed by atoms with Gasteiger partial charge in [0.2, 0.25) is 0 Å². The van der Waals surface area contributed by atoms with Gasteiger partial charge in [-0.05, 0) is 61.5 Å². The van der Waals surface area contributed by atoms with E-state index in [0.717, 1.165) is 39.4 Å². The van der Waals surface area contributed by atoms with Gasteiger partial charge in [-0.2, -0.15) is 0 Å². The number of fused-ring (bicyclic) bond motifs is 2. The smallest absolute Gasteiger partial charge is 0.198 e. The van der Waals surface area contributed by atoms with Crippen molar-refractivity contribution < 1.29 is 0 Å². The maximum atomic E-state index is 5.12. The van der Waals surface area contributed by atoms with E-state index in [1.54, 1.807) is 37.1 Å². The summed E-state index contributed by atoms with van der Waals surface area (Å²) in [6.07, 6.45) is 9.98. The average molecular weight is 676 g/mol. The molecule has 0 bridgehead atoms. The van der Waals surface area contributed by atoms with Crippen LogP contribution < -0.4 is 0 Å². The van der Waals surface area contributed by atoms with Crippen molar-refractivity contribution >= 4 is 34.6 Å². The largest absolute Gasteiger partial charge is 0.295 e. The van der Waals surface area contributed by atoms with Gasteiger partial charge in [0.15, 0.2) is 28.4 Å². The number of aliphatic imine (C=N–C) groups is 1. The number of para-hydroxylation sites is 3. The molecular weight excluding hydrogens is 647 g/mol. The summed E-state index contributed by atoms with van der Waals surface area (Å²) in [6, 6.07) is 36.5. The lowest BCUT2D eigenvalue weighted by Gasteiger charge is -2.15. The molecule has 11 heteroatoms. The van der Waals surface area contributed by atoms with Gasteiger partial charge in [-0.3, -0.25) is 13.7 Å². The molecule has 0 unspecified atom stereocenters. The fourth-order valence-electron chi connectivity index (χ4n) is 6.49. The Kier molecular flexibility index (Phi) is 7.55. The van der Waals surface area contributed by atoms with Crippen molar-refractivity contribution in [1.29, 1.82) is 0 Å². The van der Waals surface area contributed by atoms with Gasteiger partial charge in [-0.25, -0.2) is 39.9 Å². The molecule has 0 aliphatic rings. The van der Waals surface area contributed by atoms with Crippen LogP contribution in [0.4, 0.5) is 5.82 Å². The first kappa shape index (κ1) is 30.6. The predicted octanol–water partition coefficient (Wildman–Crippen LogP) is 8.33. The summed E-state index contributed by atoms with van der Waals surface area (Å²) in [4.78, 5) is 38.5. The van der Waals surface area contributed by atoms with E-state index in [4.69, 9.17) is 24.9 Å². The number of hydrogen-bond donors (Lipinski definition) is 0. The number of benzene rings is 4. The Morgan fingerprint density at radius 2 is 0.923 bits per heavy atom. The molecule has 0 saturated heterocycles. The van der Waals surface area contributed by atoms with Crippen LogP contribution in [0.5, 0.6) is 0 Å². The molecule has 248 valence electrons. The Morgan fingerprint density at radius 1 is 0.519 bits per heavy atom. The van der Waals surface area contributed by atoms with E-state index in [0.29, 0.717) is 45.9 Å². The van der Waals surface area contributed by atoms with Crippen molar-refractivity contribution in [3.05, 3.63) is 152 Å². The van der Waals surface area contributed by atoms with Crippen LogP contribution in [0.3, 0.4) is 0 Å². The number of aromatic nitrogens is 10. The van der Waals surface area contributed by atoms with Gasteiger partial charge in [-0.1, -0.05) is 67.3 Å². The van der Waals surface area contributed by atoms with E-state index < -0.39 is 0 Å². The van der Waals surface area contributed by atoms with Crippen LogP contribution in [0.15, 0.2) is 152 Å². The molecule has 0 radical (unpaired) electrons. The summed E-state index contributed by atoms with van der Waals surface area (Å²) in [5, 5.41) is 0. The molecule has 11 nitrogen and oxygen atoms in total. The zero-order chi connectivity index (χ0) is 35.0. The zero-order valence-electron chi connectivity index (χ0n) is 28.0. The molecule has 52 heavy (non-hydrogen) atoms. The molecule has 0 aliphatic heterocycles. The molecule has 5 aromatic heterocycles. The third kappa shape index (κ3) is 5.24. The van der Waals surface area contributed by atoms with E-state index in [9.17, 15) is 0 Å². The van der Waals surface area contributed by atoms with Crippen LogP contribution in [0.1, 0.15) is 5.69 Å². The van der Waals surface area contributed by atoms with Crippen molar-refractivity contribution in [1.82, 2.24) is 48.6 Å². The summed E-state index contributed by atoms with van der Waals surface area (Å²) in [7, 11) is 0. The second-order valence-corrected chi connectivity index (χ2v) is 11.9. The van der Waals surface area contributed by atoms with Crippen LogP contribution in [0, 0.1) is 6.92 Å². The lowest BCUT2D eigenvalue weighted by atomic mass is 10.0. The van der Waals surface area contributed by atoms with Gasteiger partial charge in [0.25, 0.3) is 0 Å². The molecule has 4 aromatic carbocycles. The molecule has 0 fully saturated rings. The Balaban J connectivity index is 1.38. The van der Waals surface area contributed by atoms with Gasteiger partial charge in [-0.15, -0.1) is 0 Å². The Morgan fingerprint density at radius 3 is 1.37 bits per heavy atom. The number of rotatable bonds is 8. The Bertz CT molecular complexity index is 2630. The summed E-state index contributed by atoms with van der Waals surface area (Å²) in [5.41, 5.74) is 8.40. The maximum Gasteiger partial charge on any atom is 0.198 e. The van der Waals surface area contributed by atoms with E-state index in [2.05, 4.69) is 56.4 Å². The quantitative estimate of drug-likeness (QED) is 0.149. The van der Waals surface area contributed by atoms with Crippen LogP contribution >= 0.6 is 0 Å². The molecule has 9 rings (SSSR count). The van der Waals surface area contributed by atoms with E-state index in [1.165, 1.54) is 0 Å². The number of imidazole rings is 3. The van der Waals surface area contributed by atoms with E-state index in [1.807, 2.05) is 94.9 Å². The molecular formula is C41H29N11. The molecule has 0 amide bonds. The van der Waals surface area contributed by atoms with Gasteiger partial charge in [0, 0.05) is 64.8 Å². The number of allylic oxidation sites excluding steroid dienone is 1. The van der Waals surface area contributed by atoms with Crippen LogP contribution in [-0.2, 0) is 0 Å². The number of hydrogen-bond acceptors (Lipinski definition) is 8. The number of nitrogens with zero attached hydrogens (tertiary/aromatic N) is 11. The van der Waals surface area contributed by atoms with E-state index in [-0.39, 0.29) is 0 Å². The highest BCUT2D eigenvalue weighted by Crippen LogP contribution is 2.38. The highest BCUT2D eigenvalue weighted by Gasteiger charge is 2.24. The molecule has 0 atom stereocenters. The predicted molar refractivity (Wildman–Crippen MR) is 203 cm³/mol. The molecule has 0 spiro atoms. The normalized spacial score (nSPS) is 11.6. The monoisotopic (exact) mass is 675 g/mol. The van der Waals surface area contributed by atoms with Crippen molar-refractivity contribution in [2.45, 2.75) is 6.92 Å². The summed E-state index contributed by atoms with van der Waals surface area (Å²) >= 11 is 0. The van der Waals surface area contributed by atoms with Gasteiger partial charge in [0.1, 0.15) is 17.5 Å². The summed E-state index contributed by atoms with van der Waals surface area (Å²) in [6.45, 7) is 5.84. The molecule has 0 aliphatic carbocycles. The van der Waals surface area contributed by atoms with Crippen molar-refractivity contribution in [2.75, 3.05) is 0 Å². The lowest BCUT2D eigenvalue weighted by Crippen LogP contribution is -2.03. The van der Waals surface area contributed by atoms with Crippen LogP contribution in [-0.4, -0.2) is 54.8 Å². The third-order valence-corrected chi connectivity index (χ3v) is 8.73. The standard InChI is InChI=1S/C41H29N11/c1-3-19-42-34-27(2)50(31-13-7-4-8-14-31)37(47-34)28-24-29(38-48-35-40(45-22-20-43-35)51(38)32-15-9-5-10-16-32)26-30(25-28)39-49-36-41(46-23-21-44-36)52(39)33-17-11-6-12-18-33/h3-26H,1H2,2H3/b42-19-. The van der Waals surface area contributed by atoms with Gasteiger partial charge in [0.05, 0.1) is 5.69 Å². The highest BCUT2D eigenvalue weighted by atomic mass is 15.2. The average Bonchev–Trinajstić information content (AvgIpc) is 3.89. The molecule has 9 aromatic rings. The maximum absolute atomic E-state index is 5.12. The third-order valence-electron chi connectivity index (χ3n) is 8.73. The van der Waals surface area contributed by atoms with Crippen molar-refractivity contribution in [3.63, 3.8) is 0 Å². The first-order chi connectivity index (χ1) is 25.7. The fourth-order valence-corrected chi connectivity index (χ4v) is 6.49. The van der Waals surface area contributed by atoms with Crippen LogP contribution in [0.25, 0.3) is 73.8 Å². The topological polar surface area (TPSA) is 117 Å². The second-order valence-electron chi connectivity index (χ2n) is 11.9. The fraction of sp³-hybridized carbons (Fsp3) is 0.0244. The first-order valence-electron chi connectivity index (χ1n) is 16.6. The minimum Gasteiger partial charge on any atom is -0.295 e. The van der Waals surface area contributed by atoms with Crippen molar-refractivity contribution in [2.24, 2.45) is 4.99 Å². The van der Waals surface area contributed by atoms with Gasteiger partial charge < -0.3 is 0 Å². The first-order valence-corrected chi connectivity index (χ1v) is 16.6. The molecule has 5 heterocycles. The van der Waals surface area contributed by atoms with Gasteiger partial charge >= 0.3 is 0 Å². The minimum absolute atomic E-state index is 0.529. The Hall–Kier alpha value is -7.40. The summed E-state index contributed by atoms with van der Waals surface area (Å²) < 4.78 is 6.18. The zero-order valence-corrected chi connectivity index (χ0v) is 28.0. The Labute approximate surface area is 298 Å². The lowest BCUT2D eigenvalue weighted by molar-refractivity contribution is 1.01. The summed E-state index contributed by atoms with van der Waals surface area (Å²) in [5.74, 6) is 2.60. The SMILES string of the molecule is C=C/C=N\c1nc(-c2cc(-c3nc4nccnc4n3-c3ccccc3)cc(-c3nc4nccnc4n3-c3ccccc3)c2)n(-c2ccccc2)c1C. The highest BCUT2D eigenvalue weighted by molar-refractivity contribution is 5.85. The molecule has 0 N–H and O–H groups in total. The van der Waals surface area contributed by atoms with Crippen LogP contribution in [0.2, 0.25) is 0 Å².